The zero-order valence-corrected chi connectivity index (χ0v) is 20.4. The molecule has 32 heavy (non-hydrogen) atoms. The van der Waals surface area contributed by atoms with Gasteiger partial charge in [-0.15, -0.1) is 10.2 Å². The maximum absolute atomic E-state index is 4.38. The molecule has 170 valence electrons. The molecule has 0 aliphatic heterocycles. The number of pyridine rings is 1. The maximum Gasteiger partial charge on any atom is 0.160 e. The fourth-order valence-corrected chi connectivity index (χ4v) is 4.00. The van der Waals surface area contributed by atoms with Crippen LogP contribution in [-0.2, 0) is 19.4 Å². The van der Waals surface area contributed by atoms with Crippen LogP contribution < -0.4 is 0 Å². The molecule has 3 rings (SSSR count). The van der Waals surface area contributed by atoms with Gasteiger partial charge >= 0.3 is 0 Å². The Morgan fingerprint density at radius 3 is 2.56 bits per heavy atom. The van der Waals surface area contributed by atoms with Crippen molar-refractivity contribution in [3.63, 3.8) is 0 Å². The van der Waals surface area contributed by atoms with Crippen molar-refractivity contribution in [1.29, 1.82) is 0 Å². The number of nitrogens with zero attached hydrogens (tertiary/aromatic N) is 6. The smallest absolute Gasteiger partial charge is 0.160 e. The Hall–Kier alpha value is -2.99. The Morgan fingerprint density at radius 1 is 1.12 bits per heavy atom. The summed E-state index contributed by atoms with van der Waals surface area (Å²) in [6, 6.07) is 11.1. The number of allylic oxidation sites excluding steroid dienone is 1. The molecule has 0 N–H and O–H groups in total. The minimum atomic E-state index is 0.752. The van der Waals surface area contributed by atoms with E-state index in [1.807, 2.05) is 35.0 Å². The highest BCUT2D eigenvalue weighted by molar-refractivity contribution is 5.81. The van der Waals surface area contributed by atoms with Crippen LogP contribution in [-0.4, -0.2) is 57.9 Å². The average Bonchev–Trinajstić information content (AvgIpc) is 3.17. The summed E-state index contributed by atoms with van der Waals surface area (Å²) in [5.74, 6) is 1.96. The molecule has 0 radical (unpaired) electrons. The number of rotatable bonds is 9. The van der Waals surface area contributed by atoms with Gasteiger partial charge in [-0.25, -0.2) is 0 Å². The molecule has 0 amide bonds. The second kappa shape index (κ2) is 10.6. The third kappa shape index (κ3) is 5.43. The molecule has 0 atom stereocenters. The van der Waals surface area contributed by atoms with E-state index < -0.39 is 0 Å². The standard InChI is InChI=1S/C26H36N6/c1-8-21-11-12-22(10-9-15-31(19(2)3)20(4)27-5)24(16-21)23-13-14-25-28-29-26(18-30(6)7)32(25)17-23/h11-14,16-17H,2,8-10,15,18H2,1,3-7H3/b27-20-. The maximum atomic E-state index is 4.38. The van der Waals surface area contributed by atoms with Crippen LogP contribution in [0.5, 0.6) is 0 Å². The van der Waals surface area contributed by atoms with E-state index in [0.717, 1.165) is 55.4 Å². The molecule has 6 heteroatoms. The largest absolute Gasteiger partial charge is 0.335 e. The monoisotopic (exact) mass is 432 g/mol. The number of aromatic nitrogens is 3. The number of aliphatic imine (C=N–C) groups is 1. The zero-order valence-electron chi connectivity index (χ0n) is 20.4. The highest BCUT2D eigenvalue weighted by Gasteiger charge is 2.13. The normalized spacial score (nSPS) is 12.0. The van der Waals surface area contributed by atoms with Gasteiger partial charge in [-0.05, 0) is 81.6 Å². The van der Waals surface area contributed by atoms with Crippen molar-refractivity contribution in [2.45, 2.75) is 46.6 Å². The topological polar surface area (TPSA) is 49.0 Å². The van der Waals surface area contributed by atoms with Crippen molar-refractivity contribution in [2.75, 3.05) is 27.7 Å². The van der Waals surface area contributed by atoms with Gasteiger partial charge in [-0.1, -0.05) is 31.7 Å². The van der Waals surface area contributed by atoms with Gasteiger partial charge in [0.05, 0.1) is 12.4 Å². The molecule has 0 saturated carbocycles. The van der Waals surface area contributed by atoms with E-state index in [1.165, 1.54) is 22.3 Å². The highest BCUT2D eigenvalue weighted by atomic mass is 15.3. The Balaban J connectivity index is 1.92. The van der Waals surface area contributed by atoms with Gasteiger partial charge in [-0.3, -0.25) is 9.39 Å². The van der Waals surface area contributed by atoms with E-state index in [9.17, 15) is 0 Å². The van der Waals surface area contributed by atoms with Gasteiger partial charge in [-0.2, -0.15) is 0 Å². The average molecular weight is 433 g/mol. The second-order valence-corrected chi connectivity index (χ2v) is 8.61. The lowest BCUT2D eigenvalue weighted by molar-refractivity contribution is 0.388. The number of benzene rings is 1. The molecular weight excluding hydrogens is 396 g/mol. The number of hydrogen-bond donors (Lipinski definition) is 0. The van der Waals surface area contributed by atoms with Crippen LogP contribution in [0.3, 0.4) is 0 Å². The SMILES string of the molecule is C=C(C)N(CCCc1ccc(CC)cc1-c1ccc2nnc(CN(C)C)n2c1)/C(C)=N\C. The number of fused-ring (bicyclic) bond motifs is 1. The first-order valence-corrected chi connectivity index (χ1v) is 11.3. The van der Waals surface area contributed by atoms with Gasteiger partial charge < -0.3 is 9.80 Å². The van der Waals surface area contributed by atoms with Crippen LogP contribution in [0.2, 0.25) is 0 Å². The van der Waals surface area contributed by atoms with Crippen LogP contribution >= 0.6 is 0 Å². The number of amidine groups is 1. The van der Waals surface area contributed by atoms with Crippen molar-refractivity contribution >= 4 is 11.5 Å². The van der Waals surface area contributed by atoms with Crippen LogP contribution in [0.1, 0.15) is 44.1 Å². The molecule has 0 unspecified atom stereocenters. The molecule has 0 saturated heterocycles. The quantitative estimate of drug-likeness (QED) is 0.359. The predicted molar refractivity (Wildman–Crippen MR) is 134 cm³/mol. The summed E-state index contributed by atoms with van der Waals surface area (Å²) < 4.78 is 2.11. The van der Waals surface area contributed by atoms with Crippen molar-refractivity contribution < 1.29 is 0 Å². The molecule has 0 aliphatic carbocycles. The first kappa shape index (κ1) is 23.7. The summed E-state index contributed by atoms with van der Waals surface area (Å²) in [6.45, 7) is 12.1. The van der Waals surface area contributed by atoms with E-state index in [4.69, 9.17) is 0 Å². The molecule has 3 aromatic rings. The summed E-state index contributed by atoms with van der Waals surface area (Å²) in [5.41, 5.74) is 7.10. The molecule has 0 fully saturated rings. The first-order valence-electron chi connectivity index (χ1n) is 11.3. The molecule has 2 aromatic heterocycles. The molecule has 2 heterocycles. The number of aryl methyl sites for hydroxylation is 2. The van der Waals surface area contributed by atoms with E-state index in [2.05, 4.69) is 79.4 Å². The molecule has 0 aliphatic rings. The van der Waals surface area contributed by atoms with Crippen molar-refractivity contribution in [1.82, 2.24) is 24.4 Å². The van der Waals surface area contributed by atoms with Gasteiger partial charge in [0.25, 0.3) is 0 Å². The summed E-state index contributed by atoms with van der Waals surface area (Å²) in [4.78, 5) is 8.64. The predicted octanol–water partition coefficient (Wildman–Crippen LogP) is 4.84. The summed E-state index contributed by atoms with van der Waals surface area (Å²) in [5, 5.41) is 8.72. The third-order valence-corrected chi connectivity index (χ3v) is 5.83. The Kier molecular flexibility index (Phi) is 7.80. The molecule has 0 spiro atoms. The zero-order chi connectivity index (χ0) is 23.3. The number of hydrogen-bond acceptors (Lipinski definition) is 4. The molecule has 0 bridgehead atoms. The lowest BCUT2D eigenvalue weighted by Crippen LogP contribution is -2.28. The lowest BCUT2D eigenvalue weighted by Gasteiger charge is -2.24. The summed E-state index contributed by atoms with van der Waals surface area (Å²) in [6.07, 6.45) is 5.22. The molecule has 1 aromatic carbocycles. The Morgan fingerprint density at radius 2 is 1.91 bits per heavy atom. The van der Waals surface area contributed by atoms with Crippen LogP contribution in [0, 0.1) is 0 Å². The summed E-state index contributed by atoms with van der Waals surface area (Å²) >= 11 is 0. The first-order chi connectivity index (χ1) is 15.3. The minimum absolute atomic E-state index is 0.752. The fourth-order valence-electron chi connectivity index (χ4n) is 4.00. The Labute approximate surface area is 192 Å². The van der Waals surface area contributed by atoms with E-state index in [1.54, 1.807) is 0 Å². The molecule has 6 nitrogen and oxygen atoms in total. The van der Waals surface area contributed by atoms with Crippen LogP contribution in [0.4, 0.5) is 0 Å². The van der Waals surface area contributed by atoms with Gasteiger partial charge in [0.15, 0.2) is 11.5 Å². The third-order valence-electron chi connectivity index (χ3n) is 5.83. The van der Waals surface area contributed by atoms with Crippen LogP contribution in [0.15, 0.2) is 53.8 Å². The van der Waals surface area contributed by atoms with E-state index >= 15 is 0 Å². The van der Waals surface area contributed by atoms with Crippen LogP contribution in [0.25, 0.3) is 16.8 Å². The molecular formula is C26H36N6. The van der Waals surface area contributed by atoms with Crippen molar-refractivity contribution in [3.8, 4) is 11.1 Å². The van der Waals surface area contributed by atoms with Gasteiger partial charge in [0, 0.05) is 25.5 Å². The van der Waals surface area contributed by atoms with Crippen molar-refractivity contribution in [3.05, 3.63) is 65.8 Å². The highest BCUT2D eigenvalue weighted by Crippen LogP contribution is 2.27. The summed E-state index contributed by atoms with van der Waals surface area (Å²) in [7, 11) is 5.93. The van der Waals surface area contributed by atoms with E-state index in [-0.39, 0.29) is 0 Å². The Bertz CT molecular complexity index is 1110. The minimum Gasteiger partial charge on any atom is -0.335 e. The van der Waals surface area contributed by atoms with Gasteiger partial charge in [0.2, 0.25) is 0 Å². The lowest BCUT2D eigenvalue weighted by atomic mass is 9.94. The van der Waals surface area contributed by atoms with Gasteiger partial charge in [0.1, 0.15) is 0 Å². The fraction of sp³-hybridized carbons (Fsp3) is 0.423. The van der Waals surface area contributed by atoms with E-state index in [0.29, 0.717) is 0 Å². The second-order valence-electron chi connectivity index (χ2n) is 8.61. The van der Waals surface area contributed by atoms with Crippen molar-refractivity contribution in [2.24, 2.45) is 4.99 Å².